The molecule has 0 fully saturated rings. The molecule has 1 atom stereocenters. The van der Waals surface area contributed by atoms with E-state index in [9.17, 15) is 4.79 Å². The number of benzene rings is 1. The second-order valence-electron chi connectivity index (χ2n) is 3.14. The first-order valence-electron chi connectivity index (χ1n) is 4.60. The number of aliphatic hydroxyl groups is 1. The summed E-state index contributed by atoms with van der Waals surface area (Å²) >= 11 is 1.26. The molecule has 1 unspecified atom stereocenters. The summed E-state index contributed by atoms with van der Waals surface area (Å²) in [5.74, 6) is 0.672. The smallest absolute Gasteiger partial charge is 0.219 e. The zero-order valence-electron chi connectivity index (χ0n) is 8.14. The van der Waals surface area contributed by atoms with Crippen molar-refractivity contribution in [1.29, 1.82) is 0 Å². The van der Waals surface area contributed by atoms with E-state index in [1.807, 2.05) is 18.2 Å². The van der Waals surface area contributed by atoms with Crippen molar-refractivity contribution in [3.05, 3.63) is 35.9 Å². The van der Waals surface area contributed by atoms with E-state index in [0.29, 0.717) is 12.2 Å². The van der Waals surface area contributed by atoms with Crippen LogP contribution in [0.3, 0.4) is 0 Å². The van der Waals surface area contributed by atoms with Gasteiger partial charge in [0.15, 0.2) is 0 Å². The monoisotopic (exact) mass is 210 g/mol. The SMILES string of the molecule is CC(O)CCSC(=O)c1ccccc1. The molecule has 0 bridgehead atoms. The van der Waals surface area contributed by atoms with E-state index < -0.39 is 0 Å². The van der Waals surface area contributed by atoms with Crippen molar-refractivity contribution in [2.24, 2.45) is 0 Å². The van der Waals surface area contributed by atoms with Crippen molar-refractivity contribution < 1.29 is 9.90 Å². The maximum absolute atomic E-state index is 11.5. The van der Waals surface area contributed by atoms with Crippen LogP contribution in [0.1, 0.15) is 23.7 Å². The molecule has 1 N–H and O–H groups in total. The first-order chi connectivity index (χ1) is 6.70. The lowest BCUT2D eigenvalue weighted by molar-refractivity contribution is 0.108. The molecule has 0 radical (unpaired) electrons. The van der Waals surface area contributed by atoms with Crippen molar-refractivity contribution in [2.75, 3.05) is 5.75 Å². The minimum atomic E-state index is -0.328. The molecule has 0 aromatic heterocycles. The highest BCUT2D eigenvalue weighted by molar-refractivity contribution is 8.14. The Labute approximate surface area is 88.3 Å². The summed E-state index contributed by atoms with van der Waals surface area (Å²) in [5, 5.41) is 9.09. The summed E-state index contributed by atoms with van der Waals surface area (Å²) in [4.78, 5) is 11.5. The van der Waals surface area contributed by atoms with Crippen LogP contribution in [0.25, 0.3) is 0 Å². The summed E-state index contributed by atoms with van der Waals surface area (Å²) in [5.41, 5.74) is 0.725. The Kier molecular flexibility index (Phi) is 4.70. The Bertz CT molecular complexity index is 283. The average Bonchev–Trinajstić information content (AvgIpc) is 2.18. The normalized spacial score (nSPS) is 12.4. The fourth-order valence-electron chi connectivity index (χ4n) is 0.980. The maximum atomic E-state index is 11.5. The van der Waals surface area contributed by atoms with Crippen molar-refractivity contribution in [3.63, 3.8) is 0 Å². The molecule has 3 heteroatoms. The van der Waals surface area contributed by atoms with Crippen LogP contribution in [0, 0.1) is 0 Å². The molecule has 0 amide bonds. The Balaban J connectivity index is 2.36. The predicted octanol–water partition coefficient (Wildman–Crippen LogP) is 2.33. The first kappa shape index (κ1) is 11.3. The Morgan fingerprint density at radius 2 is 2.07 bits per heavy atom. The fraction of sp³-hybridized carbons (Fsp3) is 0.364. The highest BCUT2D eigenvalue weighted by Crippen LogP contribution is 2.13. The van der Waals surface area contributed by atoms with Gasteiger partial charge in [-0.05, 0) is 13.3 Å². The number of aliphatic hydroxyl groups excluding tert-OH is 1. The van der Waals surface area contributed by atoms with Gasteiger partial charge >= 0.3 is 0 Å². The number of thioether (sulfide) groups is 1. The summed E-state index contributed by atoms with van der Waals surface area (Å²) in [7, 11) is 0. The standard InChI is InChI=1S/C11H14O2S/c1-9(12)7-8-14-11(13)10-5-3-2-4-6-10/h2-6,9,12H,7-8H2,1H3. The number of carbonyl (C=O) groups excluding carboxylic acids is 1. The van der Waals surface area contributed by atoms with Gasteiger partial charge in [-0.3, -0.25) is 4.79 Å². The summed E-state index contributed by atoms with van der Waals surface area (Å²) in [6.45, 7) is 1.73. The molecule has 0 saturated carbocycles. The number of hydrogen-bond acceptors (Lipinski definition) is 3. The third kappa shape index (κ3) is 3.94. The molecule has 0 aliphatic rings. The van der Waals surface area contributed by atoms with Gasteiger partial charge < -0.3 is 5.11 Å². The minimum Gasteiger partial charge on any atom is -0.393 e. The highest BCUT2D eigenvalue weighted by atomic mass is 32.2. The largest absolute Gasteiger partial charge is 0.393 e. The van der Waals surface area contributed by atoms with E-state index in [1.165, 1.54) is 11.8 Å². The van der Waals surface area contributed by atoms with Gasteiger partial charge in [0, 0.05) is 11.3 Å². The van der Waals surface area contributed by atoms with Crippen LogP contribution >= 0.6 is 11.8 Å². The van der Waals surface area contributed by atoms with E-state index >= 15 is 0 Å². The van der Waals surface area contributed by atoms with Crippen LogP contribution < -0.4 is 0 Å². The van der Waals surface area contributed by atoms with Crippen molar-refractivity contribution in [3.8, 4) is 0 Å². The molecule has 0 saturated heterocycles. The van der Waals surface area contributed by atoms with Crippen LogP contribution in [0.5, 0.6) is 0 Å². The van der Waals surface area contributed by atoms with Crippen molar-refractivity contribution >= 4 is 16.9 Å². The predicted molar refractivity (Wildman–Crippen MR) is 59.5 cm³/mol. The molecular formula is C11H14O2S. The van der Waals surface area contributed by atoms with Gasteiger partial charge in [0.1, 0.15) is 0 Å². The van der Waals surface area contributed by atoms with Gasteiger partial charge in [-0.1, -0.05) is 42.1 Å². The fourth-order valence-corrected chi connectivity index (χ4v) is 1.93. The Morgan fingerprint density at radius 1 is 1.43 bits per heavy atom. The number of carbonyl (C=O) groups is 1. The van der Waals surface area contributed by atoms with E-state index in [4.69, 9.17) is 5.11 Å². The van der Waals surface area contributed by atoms with Gasteiger partial charge in [0.25, 0.3) is 0 Å². The van der Waals surface area contributed by atoms with Crippen LogP contribution in [0.4, 0.5) is 0 Å². The van der Waals surface area contributed by atoms with Crippen LogP contribution in [-0.4, -0.2) is 22.1 Å². The van der Waals surface area contributed by atoms with E-state index in [0.717, 1.165) is 5.56 Å². The van der Waals surface area contributed by atoms with E-state index in [-0.39, 0.29) is 11.2 Å². The van der Waals surface area contributed by atoms with Gasteiger partial charge in [0.2, 0.25) is 5.12 Å². The zero-order chi connectivity index (χ0) is 10.4. The van der Waals surface area contributed by atoms with Crippen LogP contribution in [0.15, 0.2) is 30.3 Å². The highest BCUT2D eigenvalue weighted by Gasteiger charge is 2.05. The second kappa shape index (κ2) is 5.83. The Morgan fingerprint density at radius 3 is 2.64 bits per heavy atom. The molecule has 1 aromatic rings. The molecule has 1 aromatic carbocycles. The minimum absolute atomic E-state index is 0.0752. The van der Waals surface area contributed by atoms with Gasteiger partial charge in [0.05, 0.1) is 6.10 Å². The van der Waals surface area contributed by atoms with E-state index in [2.05, 4.69) is 0 Å². The lowest BCUT2D eigenvalue weighted by atomic mass is 10.2. The van der Waals surface area contributed by atoms with Gasteiger partial charge in [-0.2, -0.15) is 0 Å². The first-order valence-corrected chi connectivity index (χ1v) is 5.59. The quantitative estimate of drug-likeness (QED) is 0.828. The Hall–Kier alpha value is -0.800. The van der Waals surface area contributed by atoms with E-state index in [1.54, 1.807) is 19.1 Å². The maximum Gasteiger partial charge on any atom is 0.219 e. The summed E-state index contributed by atoms with van der Waals surface area (Å²) in [6.07, 6.45) is 0.328. The third-order valence-corrected chi connectivity index (χ3v) is 2.72. The zero-order valence-corrected chi connectivity index (χ0v) is 8.96. The van der Waals surface area contributed by atoms with Crippen molar-refractivity contribution in [1.82, 2.24) is 0 Å². The van der Waals surface area contributed by atoms with Gasteiger partial charge in [-0.25, -0.2) is 0 Å². The lowest BCUT2D eigenvalue weighted by Gasteiger charge is -2.02. The van der Waals surface area contributed by atoms with Gasteiger partial charge in [-0.15, -0.1) is 0 Å². The van der Waals surface area contributed by atoms with Crippen LogP contribution in [-0.2, 0) is 0 Å². The summed E-state index contributed by atoms with van der Waals surface area (Å²) < 4.78 is 0. The number of hydrogen-bond donors (Lipinski definition) is 1. The molecule has 14 heavy (non-hydrogen) atoms. The molecule has 76 valence electrons. The molecule has 0 spiro atoms. The number of rotatable bonds is 4. The molecule has 0 aliphatic heterocycles. The topological polar surface area (TPSA) is 37.3 Å². The van der Waals surface area contributed by atoms with Crippen LogP contribution in [0.2, 0.25) is 0 Å². The average molecular weight is 210 g/mol. The molecule has 2 nitrogen and oxygen atoms in total. The molecular weight excluding hydrogens is 196 g/mol. The lowest BCUT2D eigenvalue weighted by Crippen LogP contribution is -2.02. The third-order valence-electron chi connectivity index (χ3n) is 1.78. The second-order valence-corrected chi connectivity index (χ2v) is 4.21. The van der Waals surface area contributed by atoms with Crippen molar-refractivity contribution in [2.45, 2.75) is 19.4 Å². The molecule has 0 aliphatic carbocycles. The molecule has 1 rings (SSSR count). The summed E-state index contributed by atoms with van der Waals surface area (Å²) in [6, 6.07) is 9.19. The molecule has 0 heterocycles.